The van der Waals surface area contributed by atoms with Gasteiger partial charge in [-0.05, 0) is 58.7 Å². The van der Waals surface area contributed by atoms with Gasteiger partial charge in [-0.1, -0.05) is 27.7 Å². The molecule has 1 aliphatic rings. The van der Waals surface area contributed by atoms with Crippen LogP contribution in [0.4, 0.5) is 5.69 Å². The molecular weight excluding hydrogens is 379 g/mol. The number of carbonyl (C=O) groups excluding carboxylic acids is 2. The molecule has 21 heavy (non-hydrogen) atoms. The van der Waals surface area contributed by atoms with E-state index in [-0.39, 0.29) is 23.7 Å². The Balaban J connectivity index is 2.45. The van der Waals surface area contributed by atoms with E-state index < -0.39 is 12.1 Å². The Kier molecular flexibility index (Phi) is 4.91. The van der Waals surface area contributed by atoms with E-state index >= 15 is 0 Å². The summed E-state index contributed by atoms with van der Waals surface area (Å²) in [4.78, 5) is 26.9. The molecule has 0 spiro atoms. The SMILES string of the molecule is CC(C)C1NC(=O)C(C(C)C)N(c2ccc(I)cc2)C1=O. The number of carbonyl (C=O) groups is 2. The molecule has 1 N–H and O–H groups in total. The second kappa shape index (κ2) is 6.34. The van der Waals surface area contributed by atoms with Crippen LogP contribution in [0.1, 0.15) is 27.7 Å². The Morgan fingerprint density at radius 1 is 1.05 bits per heavy atom. The van der Waals surface area contributed by atoms with E-state index in [0.29, 0.717) is 0 Å². The Labute approximate surface area is 139 Å². The van der Waals surface area contributed by atoms with Crippen LogP contribution in [0.2, 0.25) is 0 Å². The van der Waals surface area contributed by atoms with Crippen LogP contribution in [-0.2, 0) is 9.59 Å². The van der Waals surface area contributed by atoms with E-state index in [1.54, 1.807) is 4.90 Å². The number of rotatable bonds is 3. The summed E-state index contributed by atoms with van der Waals surface area (Å²) in [5.41, 5.74) is 0.791. The smallest absolute Gasteiger partial charge is 0.250 e. The number of benzene rings is 1. The maximum atomic E-state index is 12.8. The fraction of sp³-hybridized carbons (Fsp3) is 0.500. The summed E-state index contributed by atoms with van der Waals surface area (Å²) in [5.74, 6) is 0.0357. The van der Waals surface area contributed by atoms with Crippen molar-refractivity contribution in [3.05, 3.63) is 27.8 Å². The van der Waals surface area contributed by atoms with Gasteiger partial charge >= 0.3 is 0 Å². The van der Waals surface area contributed by atoms with Crippen LogP contribution < -0.4 is 10.2 Å². The normalized spacial score (nSPS) is 22.9. The monoisotopic (exact) mass is 400 g/mol. The van der Waals surface area contributed by atoms with E-state index in [1.807, 2.05) is 52.0 Å². The first-order valence-corrected chi connectivity index (χ1v) is 8.29. The number of anilines is 1. The van der Waals surface area contributed by atoms with Crippen molar-refractivity contribution < 1.29 is 9.59 Å². The van der Waals surface area contributed by atoms with Gasteiger partial charge < -0.3 is 5.32 Å². The Bertz CT molecular complexity index is 540. The average molecular weight is 400 g/mol. The van der Waals surface area contributed by atoms with Gasteiger partial charge in [0.2, 0.25) is 5.91 Å². The highest BCUT2D eigenvalue weighted by Crippen LogP contribution is 2.27. The lowest BCUT2D eigenvalue weighted by atomic mass is 9.92. The third-order valence-electron chi connectivity index (χ3n) is 3.75. The summed E-state index contributed by atoms with van der Waals surface area (Å²) in [6.07, 6.45) is 0. The summed E-state index contributed by atoms with van der Waals surface area (Å²) in [7, 11) is 0. The lowest BCUT2D eigenvalue weighted by Gasteiger charge is -2.42. The fourth-order valence-electron chi connectivity index (χ4n) is 2.65. The van der Waals surface area contributed by atoms with Crippen molar-refractivity contribution in [2.45, 2.75) is 39.8 Å². The van der Waals surface area contributed by atoms with Crippen molar-refractivity contribution in [2.75, 3.05) is 4.90 Å². The van der Waals surface area contributed by atoms with E-state index in [9.17, 15) is 9.59 Å². The minimum absolute atomic E-state index is 0.0236. The quantitative estimate of drug-likeness (QED) is 0.794. The number of amides is 2. The van der Waals surface area contributed by atoms with Crippen molar-refractivity contribution in [3.63, 3.8) is 0 Å². The number of nitrogens with zero attached hydrogens (tertiary/aromatic N) is 1. The fourth-order valence-corrected chi connectivity index (χ4v) is 3.01. The van der Waals surface area contributed by atoms with Gasteiger partial charge in [-0.25, -0.2) is 0 Å². The Hall–Kier alpha value is -1.11. The van der Waals surface area contributed by atoms with E-state index in [2.05, 4.69) is 27.9 Å². The molecule has 1 aromatic rings. The van der Waals surface area contributed by atoms with Crippen molar-refractivity contribution in [3.8, 4) is 0 Å². The van der Waals surface area contributed by atoms with Gasteiger partial charge in [0, 0.05) is 9.26 Å². The highest BCUT2D eigenvalue weighted by molar-refractivity contribution is 14.1. The molecule has 1 heterocycles. The van der Waals surface area contributed by atoms with Crippen LogP contribution in [0.15, 0.2) is 24.3 Å². The number of hydrogen-bond acceptors (Lipinski definition) is 2. The first-order valence-electron chi connectivity index (χ1n) is 7.22. The largest absolute Gasteiger partial charge is 0.342 e. The van der Waals surface area contributed by atoms with Crippen LogP contribution >= 0.6 is 22.6 Å². The molecule has 1 aromatic carbocycles. The molecule has 0 saturated carbocycles. The first-order chi connectivity index (χ1) is 9.82. The lowest BCUT2D eigenvalue weighted by Crippen LogP contribution is -2.66. The summed E-state index contributed by atoms with van der Waals surface area (Å²) in [6.45, 7) is 7.83. The van der Waals surface area contributed by atoms with Crippen molar-refractivity contribution >= 4 is 40.1 Å². The molecule has 114 valence electrons. The summed E-state index contributed by atoms with van der Waals surface area (Å²) in [5, 5.41) is 2.88. The van der Waals surface area contributed by atoms with Crippen molar-refractivity contribution in [1.82, 2.24) is 5.32 Å². The maximum absolute atomic E-state index is 12.8. The van der Waals surface area contributed by atoms with E-state index in [1.165, 1.54) is 0 Å². The first kappa shape index (κ1) is 16.3. The maximum Gasteiger partial charge on any atom is 0.250 e. The van der Waals surface area contributed by atoms with Gasteiger partial charge in [0.25, 0.3) is 5.91 Å². The number of nitrogens with one attached hydrogen (secondary N) is 1. The zero-order valence-electron chi connectivity index (χ0n) is 12.8. The molecule has 4 nitrogen and oxygen atoms in total. The molecule has 2 unspecified atom stereocenters. The molecule has 0 aliphatic carbocycles. The minimum Gasteiger partial charge on any atom is -0.342 e. The molecule has 1 saturated heterocycles. The predicted molar refractivity (Wildman–Crippen MR) is 92.0 cm³/mol. The van der Waals surface area contributed by atoms with Crippen LogP contribution in [0, 0.1) is 15.4 Å². The molecule has 2 rings (SSSR count). The summed E-state index contributed by atoms with van der Waals surface area (Å²) >= 11 is 2.23. The van der Waals surface area contributed by atoms with Gasteiger partial charge in [-0.3, -0.25) is 14.5 Å². The highest BCUT2D eigenvalue weighted by Gasteiger charge is 2.43. The molecule has 1 aliphatic heterocycles. The topological polar surface area (TPSA) is 49.4 Å². The third kappa shape index (κ3) is 3.22. The molecule has 0 aromatic heterocycles. The van der Waals surface area contributed by atoms with Crippen LogP contribution in [-0.4, -0.2) is 23.9 Å². The lowest BCUT2D eigenvalue weighted by molar-refractivity contribution is -0.135. The molecule has 0 radical (unpaired) electrons. The zero-order valence-corrected chi connectivity index (χ0v) is 14.9. The second-order valence-corrected chi connectivity index (χ2v) is 7.35. The highest BCUT2D eigenvalue weighted by atomic mass is 127. The molecule has 2 atom stereocenters. The zero-order chi connectivity index (χ0) is 15.7. The number of halogens is 1. The van der Waals surface area contributed by atoms with Crippen LogP contribution in [0.5, 0.6) is 0 Å². The molecule has 2 amide bonds. The summed E-state index contributed by atoms with van der Waals surface area (Å²) < 4.78 is 1.10. The van der Waals surface area contributed by atoms with Gasteiger partial charge in [0.05, 0.1) is 0 Å². The Morgan fingerprint density at radius 3 is 2.10 bits per heavy atom. The number of piperazine rings is 1. The Morgan fingerprint density at radius 2 is 1.62 bits per heavy atom. The molecular formula is C16H21IN2O2. The van der Waals surface area contributed by atoms with Crippen LogP contribution in [0.3, 0.4) is 0 Å². The van der Waals surface area contributed by atoms with Gasteiger partial charge in [-0.15, -0.1) is 0 Å². The van der Waals surface area contributed by atoms with E-state index in [0.717, 1.165) is 9.26 Å². The van der Waals surface area contributed by atoms with Crippen molar-refractivity contribution in [1.29, 1.82) is 0 Å². The second-order valence-electron chi connectivity index (χ2n) is 6.10. The third-order valence-corrected chi connectivity index (χ3v) is 4.47. The van der Waals surface area contributed by atoms with Crippen LogP contribution in [0.25, 0.3) is 0 Å². The predicted octanol–water partition coefficient (Wildman–Crippen LogP) is 2.80. The average Bonchev–Trinajstić information content (AvgIpc) is 2.41. The minimum atomic E-state index is -0.452. The summed E-state index contributed by atoms with van der Waals surface area (Å²) in [6, 6.07) is 6.82. The van der Waals surface area contributed by atoms with Gasteiger partial charge in [0.1, 0.15) is 12.1 Å². The number of hydrogen-bond donors (Lipinski definition) is 1. The van der Waals surface area contributed by atoms with Crippen molar-refractivity contribution in [2.24, 2.45) is 11.8 Å². The molecule has 0 bridgehead atoms. The molecule has 1 fully saturated rings. The molecule has 5 heteroatoms. The van der Waals surface area contributed by atoms with Gasteiger partial charge in [0.15, 0.2) is 0 Å². The standard InChI is InChI=1S/C16H21IN2O2/c1-9(2)13-16(21)19(12-7-5-11(17)6-8-12)14(10(3)4)15(20)18-13/h5-10,13-14H,1-4H3,(H,18,20). The van der Waals surface area contributed by atoms with E-state index in [4.69, 9.17) is 0 Å². The van der Waals surface area contributed by atoms with Gasteiger partial charge in [-0.2, -0.15) is 0 Å².